The molecule has 3 nitrogen and oxygen atoms in total. The molecule has 280 valence electrons. The molecule has 0 N–H and O–H groups in total. The van der Waals surface area contributed by atoms with Gasteiger partial charge in [-0.25, -0.2) is 0 Å². The number of para-hydroxylation sites is 1. The molecule has 0 unspecified atom stereocenters. The molecule has 1 aliphatic heterocycles. The standard InChI is InChI=1S/C56H34IN3/c1-2-14-40-33-41(26-23-35(40)11-1)36-21-24-39(25-22-36)55-46-18-8-10-20-50(46)58-56(59-55)60-51-32-29-42(34-47(51)54-44-16-6-4-13-38(44)28-31-52(54)60)57-48-19-9-7-17-45(48)53-43-15-5-3-12-37(43)27-30-49(53)57/h1-34H. The van der Waals surface area contributed by atoms with E-state index in [2.05, 4.69) is 211 Å². The Morgan fingerprint density at radius 2 is 1.02 bits per heavy atom. The van der Waals surface area contributed by atoms with Crippen LogP contribution in [0.2, 0.25) is 0 Å². The van der Waals surface area contributed by atoms with Crippen LogP contribution in [0.25, 0.3) is 104 Å². The van der Waals surface area contributed by atoms with E-state index in [9.17, 15) is 0 Å². The molecule has 60 heavy (non-hydrogen) atoms. The minimum atomic E-state index is -2.07. The normalized spacial score (nSPS) is 12.9. The first kappa shape index (κ1) is 33.8. The first-order chi connectivity index (χ1) is 29.7. The summed E-state index contributed by atoms with van der Waals surface area (Å²) in [6, 6.07) is 75.8. The van der Waals surface area contributed by atoms with Gasteiger partial charge in [0.15, 0.2) is 0 Å². The van der Waals surface area contributed by atoms with Crippen LogP contribution in [0, 0.1) is 10.7 Å². The number of hydrogen-bond donors (Lipinski definition) is 0. The first-order valence-electron chi connectivity index (χ1n) is 20.4. The second kappa shape index (κ2) is 13.2. The fourth-order valence-electron chi connectivity index (χ4n) is 9.52. The predicted molar refractivity (Wildman–Crippen MR) is 259 cm³/mol. The van der Waals surface area contributed by atoms with Crippen molar-refractivity contribution in [3.05, 3.63) is 217 Å². The van der Waals surface area contributed by atoms with Crippen LogP contribution in [0.1, 0.15) is 0 Å². The fourth-order valence-corrected chi connectivity index (χ4v) is 15.9. The van der Waals surface area contributed by atoms with Crippen molar-refractivity contribution in [3.8, 4) is 39.5 Å². The number of fused-ring (bicyclic) bond motifs is 12. The Bertz CT molecular complexity index is 3730. The molecule has 0 saturated carbocycles. The average Bonchev–Trinajstić information content (AvgIpc) is 3.84. The topological polar surface area (TPSA) is 30.7 Å². The number of aromatic nitrogens is 3. The van der Waals surface area contributed by atoms with Crippen LogP contribution >= 0.6 is 19.8 Å². The van der Waals surface area contributed by atoms with Crippen LogP contribution in [0.4, 0.5) is 0 Å². The molecule has 0 aliphatic carbocycles. The summed E-state index contributed by atoms with van der Waals surface area (Å²) in [6.07, 6.45) is 0. The van der Waals surface area contributed by atoms with E-state index in [4.69, 9.17) is 9.97 Å². The maximum absolute atomic E-state index is 5.49. The van der Waals surface area contributed by atoms with Gasteiger partial charge in [-0.05, 0) is 22.4 Å². The molecule has 0 fully saturated rings. The average molecular weight is 876 g/mol. The number of rotatable bonds is 4. The Hall–Kier alpha value is -7.15. The van der Waals surface area contributed by atoms with Crippen molar-refractivity contribution >= 4 is 84.8 Å². The summed E-state index contributed by atoms with van der Waals surface area (Å²) in [5.41, 5.74) is 10.3. The van der Waals surface area contributed by atoms with Crippen LogP contribution in [0.15, 0.2) is 206 Å². The molecular weight excluding hydrogens is 842 g/mol. The third-order valence-electron chi connectivity index (χ3n) is 12.3. The second-order valence-electron chi connectivity index (χ2n) is 15.6. The van der Waals surface area contributed by atoms with Crippen LogP contribution in [0.5, 0.6) is 0 Å². The number of benzene rings is 10. The molecule has 10 aromatic carbocycles. The molecule has 0 bridgehead atoms. The maximum atomic E-state index is 5.49. The van der Waals surface area contributed by atoms with E-state index < -0.39 is 19.8 Å². The molecule has 0 atom stereocenters. The summed E-state index contributed by atoms with van der Waals surface area (Å²) < 4.78 is 6.76. The van der Waals surface area contributed by atoms with E-state index >= 15 is 0 Å². The summed E-state index contributed by atoms with van der Waals surface area (Å²) >= 11 is -2.07. The molecule has 0 amide bonds. The zero-order chi connectivity index (χ0) is 39.3. The van der Waals surface area contributed by atoms with Gasteiger partial charge in [0.25, 0.3) is 0 Å². The molecule has 0 saturated heterocycles. The van der Waals surface area contributed by atoms with Gasteiger partial charge in [0, 0.05) is 0 Å². The fraction of sp³-hybridized carbons (Fsp3) is 0. The van der Waals surface area contributed by atoms with Gasteiger partial charge >= 0.3 is 297 Å². The van der Waals surface area contributed by atoms with E-state index in [1.54, 1.807) is 0 Å². The van der Waals surface area contributed by atoms with Crippen molar-refractivity contribution in [2.45, 2.75) is 0 Å². The van der Waals surface area contributed by atoms with Gasteiger partial charge in [-0.15, -0.1) is 0 Å². The molecule has 12 aromatic rings. The minimum absolute atomic E-state index is 0.673. The van der Waals surface area contributed by atoms with Crippen molar-refractivity contribution < 1.29 is 0 Å². The van der Waals surface area contributed by atoms with Crippen LogP contribution in [0.3, 0.4) is 0 Å². The quantitative estimate of drug-likeness (QED) is 0.165. The van der Waals surface area contributed by atoms with E-state index in [1.165, 1.54) is 76.1 Å². The number of hydrogen-bond acceptors (Lipinski definition) is 2. The Labute approximate surface area is 353 Å². The Morgan fingerprint density at radius 3 is 1.88 bits per heavy atom. The summed E-state index contributed by atoms with van der Waals surface area (Å²) in [5, 5.41) is 11.1. The molecule has 4 heteroatoms. The van der Waals surface area contributed by atoms with Gasteiger partial charge in [0.05, 0.1) is 0 Å². The zero-order valence-corrected chi connectivity index (χ0v) is 34.5. The molecule has 3 heterocycles. The Morgan fingerprint density at radius 1 is 0.383 bits per heavy atom. The van der Waals surface area contributed by atoms with Gasteiger partial charge in [0.1, 0.15) is 0 Å². The van der Waals surface area contributed by atoms with E-state index in [0.717, 1.165) is 33.2 Å². The van der Waals surface area contributed by atoms with Crippen LogP contribution in [-0.4, -0.2) is 14.5 Å². The molecular formula is C56H34IN3. The monoisotopic (exact) mass is 875 g/mol. The molecule has 0 radical (unpaired) electrons. The predicted octanol–water partition coefficient (Wildman–Crippen LogP) is 14.9. The van der Waals surface area contributed by atoms with Crippen molar-refractivity contribution in [2.24, 2.45) is 0 Å². The van der Waals surface area contributed by atoms with Crippen LogP contribution in [-0.2, 0) is 0 Å². The molecule has 1 aliphatic rings. The third-order valence-corrected chi connectivity index (χ3v) is 18.4. The second-order valence-corrected chi connectivity index (χ2v) is 20.8. The van der Waals surface area contributed by atoms with Gasteiger partial charge in [0.2, 0.25) is 0 Å². The number of halogens is 1. The van der Waals surface area contributed by atoms with Gasteiger partial charge < -0.3 is 0 Å². The summed E-state index contributed by atoms with van der Waals surface area (Å²) in [5.74, 6) is 0.673. The SMILES string of the molecule is c1ccc2c(c1)-c1c(ccc3ccccc13)I2c1ccc2c(c1)c1c3ccccc3ccc1n2-c1nc(-c2ccc(-c3ccc4ccccc4c3)cc2)c2ccccc2n1. The van der Waals surface area contributed by atoms with Gasteiger partial charge in [-0.2, -0.15) is 0 Å². The molecule has 13 rings (SSSR count). The van der Waals surface area contributed by atoms with E-state index in [0.29, 0.717) is 5.95 Å². The van der Waals surface area contributed by atoms with E-state index in [-0.39, 0.29) is 0 Å². The molecule has 2 aromatic heterocycles. The number of nitrogens with zero attached hydrogens (tertiary/aromatic N) is 3. The van der Waals surface area contributed by atoms with Crippen LogP contribution < -0.4 is 0 Å². The van der Waals surface area contributed by atoms with E-state index in [1.807, 2.05) is 0 Å². The van der Waals surface area contributed by atoms with Crippen molar-refractivity contribution in [3.63, 3.8) is 0 Å². The van der Waals surface area contributed by atoms with Crippen molar-refractivity contribution in [1.29, 1.82) is 0 Å². The summed E-state index contributed by atoms with van der Waals surface area (Å²) in [4.78, 5) is 10.8. The van der Waals surface area contributed by atoms with Crippen molar-refractivity contribution in [2.75, 3.05) is 0 Å². The van der Waals surface area contributed by atoms with Gasteiger partial charge in [-0.3, -0.25) is 0 Å². The Kier molecular flexibility index (Phi) is 7.42. The van der Waals surface area contributed by atoms with Crippen molar-refractivity contribution in [1.82, 2.24) is 14.5 Å². The molecule has 0 spiro atoms. The summed E-state index contributed by atoms with van der Waals surface area (Å²) in [7, 11) is 0. The Balaban J connectivity index is 1.02. The third kappa shape index (κ3) is 5.07. The zero-order valence-electron chi connectivity index (χ0n) is 32.3. The van der Waals surface area contributed by atoms with Gasteiger partial charge in [-0.1, -0.05) is 36.4 Å². The first-order valence-corrected chi connectivity index (χ1v) is 23.6. The summed E-state index contributed by atoms with van der Waals surface area (Å²) in [6.45, 7) is 0.